The summed E-state index contributed by atoms with van der Waals surface area (Å²) in [6.45, 7) is 3.76. The Morgan fingerprint density at radius 3 is 2.85 bits per heavy atom. The van der Waals surface area contributed by atoms with E-state index < -0.39 is 0 Å². The third kappa shape index (κ3) is 2.62. The lowest BCUT2D eigenvalue weighted by atomic mass is 10.3. The van der Waals surface area contributed by atoms with Crippen LogP contribution in [0.1, 0.15) is 12.7 Å². The zero-order valence-electron chi connectivity index (χ0n) is 11.4. The summed E-state index contributed by atoms with van der Waals surface area (Å²) in [6, 6.07) is 10.1. The molecule has 0 aliphatic rings. The largest absolute Gasteiger partial charge is 0.341 e. The van der Waals surface area contributed by atoms with Crippen molar-refractivity contribution < 1.29 is 0 Å². The summed E-state index contributed by atoms with van der Waals surface area (Å²) in [5.41, 5.74) is 3.07. The Bertz CT molecular complexity index is 668. The first-order valence-corrected chi connectivity index (χ1v) is 6.72. The molecule has 0 saturated heterocycles. The Morgan fingerprint density at radius 2 is 2.05 bits per heavy atom. The molecule has 0 aliphatic carbocycles. The van der Waals surface area contributed by atoms with Gasteiger partial charge in [-0.25, -0.2) is 9.67 Å². The topological polar surface area (TPSA) is 58.5 Å². The van der Waals surface area contributed by atoms with Crippen molar-refractivity contribution in [1.82, 2.24) is 25.1 Å². The monoisotopic (exact) mass is 267 g/mol. The van der Waals surface area contributed by atoms with E-state index >= 15 is 0 Å². The molecule has 0 spiro atoms. The van der Waals surface area contributed by atoms with E-state index in [2.05, 4.69) is 27.3 Å². The van der Waals surface area contributed by atoms with Crippen molar-refractivity contribution in [1.29, 1.82) is 0 Å². The van der Waals surface area contributed by atoms with E-state index in [4.69, 9.17) is 0 Å². The SMILES string of the molecule is CCNCc1ncc(-c2cnn(-c3ccccc3)c2)[nH]1. The summed E-state index contributed by atoms with van der Waals surface area (Å²) in [5, 5.41) is 7.63. The molecule has 0 saturated carbocycles. The highest BCUT2D eigenvalue weighted by molar-refractivity contribution is 5.57. The standard InChI is InChI=1S/C15H17N5/c1-2-16-10-15-17-9-14(19-15)12-8-18-20(11-12)13-6-4-3-5-7-13/h3-9,11,16H,2,10H2,1H3,(H,17,19). The Labute approximate surface area is 117 Å². The van der Waals surface area contributed by atoms with Gasteiger partial charge < -0.3 is 10.3 Å². The van der Waals surface area contributed by atoms with Gasteiger partial charge in [0, 0.05) is 11.8 Å². The van der Waals surface area contributed by atoms with Crippen LogP contribution < -0.4 is 5.32 Å². The van der Waals surface area contributed by atoms with Crippen molar-refractivity contribution >= 4 is 0 Å². The molecule has 5 heteroatoms. The van der Waals surface area contributed by atoms with Gasteiger partial charge >= 0.3 is 0 Å². The Balaban J connectivity index is 1.81. The van der Waals surface area contributed by atoms with Gasteiger partial charge in [-0.2, -0.15) is 5.10 Å². The second-order valence-corrected chi connectivity index (χ2v) is 4.53. The third-order valence-corrected chi connectivity index (χ3v) is 3.09. The van der Waals surface area contributed by atoms with Crippen molar-refractivity contribution in [2.45, 2.75) is 13.5 Å². The van der Waals surface area contributed by atoms with Crippen LogP contribution in [0, 0.1) is 0 Å². The van der Waals surface area contributed by atoms with Crippen LogP contribution in [0.4, 0.5) is 0 Å². The summed E-state index contributed by atoms with van der Waals surface area (Å²) < 4.78 is 1.86. The number of para-hydroxylation sites is 1. The van der Waals surface area contributed by atoms with Crippen LogP contribution in [0.5, 0.6) is 0 Å². The molecule has 20 heavy (non-hydrogen) atoms. The maximum atomic E-state index is 4.39. The Hall–Kier alpha value is -2.40. The molecule has 3 rings (SSSR count). The van der Waals surface area contributed by atoms with Gasteiger partial charge in [0.25, 0.3) is 0 Å². The Kier molecular flexibility index (Phi) is 3.60. The first-order valence-electron chi connectivity index (χ1n) is 6.72. The van der Waals surface area contributed by atoms with Crippen LogP contribution in [0.25, 0.3) is 16.9 Å². The fourth-order valence-electron chi connectivity index (χ4n) is 2.03. The van der Waals surface area contributed by atoms with Crippen LogP contribution in [-0.2, 0) is 6.54 Å². The quantitative estimate of drug-likeness (QED) is 0.746. The summed E-state index contributed by atoms with van der Waals surface area (Å²) in [4.78, 5) is 7.66. The highest BCUT2D eigenvalue weighted by Crippen LogP contribution is 2.18. The molecule has 0 bridgehead atoms. The number of rotatable bonds is 5. The minimum atomic E-state index is 0.753. The lowest BCUT2D eigenvalue weighted by molar-refractivity contribution is 0.698. The lowest BCUT2D eigenvalue weighted by Gasteiger charge is -1.98. The molecule has 0 aliphatic heterocycles. The minimum Gasteiger partial charge on any atom is -0.341 e. The van der Waals surface area contributed by atoms with Crippen molar-refractivity contribution in [3.63, 3.8) is 0 Å². The fourth-order valence-corrected chi connectivity index (χ4v) is 2.03. The summed E-state index contributed by atoms with van der Waals surface area (Å²) >= 11 is 0. The van der Waals surface area contributed by atoms with Gasteiger partial charge in [-0.3, -0.25) is 0 Å². The molecule has 2 heterocycles. The van der Waals surface area contributed by atoms with E-state index in [1.807, 2.05) is 53.6 Å². The van der Waals surface area contributed by atoms with Gasteiger partial charge in [-0.05, 0) is 18.7 Å². The number of imidazole rings is 1. The van der Waals surface area contributed by atoms with Gasteiger partial charge in [0.1, 0.15) is 5.82 Å². The van der Waals surface area contributed by atoms with Crippen molar-refractivity contribution in [2.24, 2.45) is 0 Å². The average molecular weight is 267 g/mol. The number of aromatic amines is 1. The maximum absolute atomic E-state index is 4.39. The first-order chi connectivity index (χ1) is 9.86. The third-order valence-electron chi connectivity index (χ3n) is 3.09. The van der Waals surface area contributed by atoms with E-state index in [9.17, 15) is 0 Å². The molecule has 0 amide bonds. The number of nitrogens with zero attached hydrogens (tertiary/aromatic N) is 3. The summed E-state index contributed by atoms with van der Waals surface area (Å²) in [6.07, 6.45) is 5.69. The zero-order chi connectivity index (χ0) is 13.8. The van der Waals surface area contributed by atoms with Crippen LogP contribution in [0.2, 0.25) is 0 Å². The molecule has 2 N–H and O–H groups in total. The average Bonchev–Trinajstić information content (AvgIpc) is 3.15. The lowest BCUT2D eigenvalue weighted by Crippen LogP contribution is -2.12. The van der Waals surface area contributed by atoms with E-state index in [-0.39, 0.29) is 0 Å². The molecule has 0 atom stereocenters. The van der Waals surface area contributed by atoms with Gasteiger partial charge in [-0.15, -0.1) is 0 Å². The van der Waals surface area contributed by atoms with Crippen LogP contribution in [-0.4, -0.2) is 26.3 Å². The van der Waals surface area contributed by atoms with Crippen molar-refractivity contribution in [2.75, 3.05) is 6.54 Å². The van der Waals surface area contributed by atoms with Crippen molar-refractivity contribution in [3.05, 3.63) is 54.7 Å². The molecule has 0 unspecified atom stereocenters. The van der Waals surface area contributed by atoms with Gasteiger partial charge in [0.2, 0.25) is 0 Å². The summed E-state index contributed by atoms with van der Waals surface area (Å²) in [7, 11) is 0. The second kappa shape index (κ2) is 5.71. The fraction of sp³-hybridized carbons (Fsp3) is 0.200. The van der Waals surface area contributed by atoms with E-state index in [0.717, 1.165) is 35.9 Å². The smallest absolute Gasteiger partial charge is 0.120 e. The van der Waals surface area contributed by atoms with E-state index in [0.29, 0.717) is 0 Å². The number of nitrogens with one attached hydrogen (secondary N) is 2. The molecule has 3 aromatic rings. The van der Waals surface area contributed by atoms with E-state index in [1.54, 1.807) is 0 Å². The molecule has 102 valence electrons. The maximum Gasteiger partial charge on any atom is 0.120 e. The Morgan fingerprint density at radius 1 is 1.20 bits per heavy atom. The highest BCUT2D eigenvalue weighted by Gasteiger charge is 2.06. The van der Waals surface area contributed by atoms with Gasteiger partial charge in [0.05, 0.1) is 30.3 Å². The van der Waals surface area contributed by atoms with Crippen LogP contribution in [0.15, 0.2) is 48.9 Å². The predicted molar refractivity (Wildman–Crippen MR) is 78.5 cm³/mol. The first kappa shape index (κ1) is 12.6. The number of hydrogen-bond acceptors (Lipinski definition) is 3. The summed E-state index contributed by atoms with van der Waals surface area (Å²) in [5.74, 6) is 0.939. The molecule has 5 nitrogen and oxygen atoms in total. The molecule has 1 aromatic carbocycles. The second-order valence-electron chi connectivity index (χ2n) is 4.53. The predicted octanol–water partition coefficient (Wildman–Crippen LogP) is 2.37. The number of hydrogen-bond donors (Lipinski definition) is 2. The van der Waals surface area contributed by atoms with Gasteiger partial charge in [0.15, 0.2) is 0 Å². The molecular formula is C15H17N5. The normalized spacial score (nSPS) is 10.8. The number of benzene rings is 1. The molecule has 2 aromatic heterocycles. The highest BCUT2D eigenvalue weighted by atomic mass is 15.3. The van der Waals surface area contributed by atoms with Crippen LogP contribution in [0.3, 0.4) is 0 Å². The van der Waals surface area contributed by atoms with Crippen LogP contribution >= 0.6 is 0 Å². The van der Waals surface area contributed by atoms with Crippen molar-refractivity contribution in [3.8, 4) is 16.9 Å². The zero-order valence-corrected chi connectivity index (χ0v) is 11.4. The molecule has 0 fully saturated rings. The van der Waals surface area contributed by atoms with Gasteiger partial charge in [-0.1, -0.05) is 25.1 Å². The minimum absolute atomic E-state index is 0.753. The molecule has 0 radical (unpaired) electrons. The molecular weight excluding hydrogens is 250 g/mol. The number of H-pyrrole nitrogens is 1. The number of aromatic nitrogens is 4. The van der Waals surface area contributed by atoms with E-state index in [1.165, 1.54) is 0 Å².